The van der Waals surface area contributed by atoms with E-state index in [4.69, 9.17) is 9.84 Å². The van der Waals surface area contributed by atoms with Gasteiger partial charge in [-0.05, 0) is 18.8 Å². The summed E-state index contributed by atoms with van der Waals surface area (Å²) in [6, 6.07) is 0. The molecule has 19 heavy (non-hydrogen) atoms. The number of amides is 1. The van der Waals surface area contributed by atoms with E-state index < -0.39 is 5.97 Å². The van der Waals surface area contributed by atoms with E-state index in [-0.39, 0.29) is 18.1 Å². The number of carbonyl (C=O) groups excluding carboxylic acids is 1. The van der Waals surface area contributed by atoms with Crippen LogP contribution in [-0.2, 0) is 16.1 Å². The Hall–Kier alpha value is -1.96. The quantitative estimate of drug-likeness (QED) is 0.617. The minimum Gasteiger partial charge on any atom is -0.480 e. The van der Waals surface area contributed by atoms with Gasteiger partial charge in [-0.3, -0.25) is 9.59 Å². The molecule has 1 fully saturated rings. The molecule has 0 unspecified atom stereocenters. The second-order valence-electron chi connectivity index (χ2n) is 4.47. The molecule has 1 amide bonds. The Morgan fingerprint density at radius 1 is 1.53 bits per heavy atom. The number of hydrogen-bond donors (Lipinski definition) is 2. The summed E-state index contributed by atoms with van der Waals surface area (Å²) < 4.78 is 6.47. The van der Waals surface area contributed by atoms with E-state index in [2.05, 4.69) is 15.6 Å². The molecule has 0 saturated heterocycles. The zero-order valence-corrected chi connectivity index (χ0v) is 10.4. The van der Waals surface area contributed by atoms with Crippen LogP contribution >= 0.6 is 0 Å². The van der Waals surface area contributed by atoms with Crippen LogP contribution in [0.2, 0.25) is 0 Å². The maximum Gasteiger partial charge on any atom is 0.325 e. The van der Waals surface area contributed by atoms with Gasteiger partial charge in [-0.2, -0.15) is 0 Å². The van der Waals surface area contributed by atoms with Crippen LogP contribution < -0.4 is 5.32 Å². The van der Waals surface area contributed by atoms with Crippen molar-refractivity contribution in [2.45, 2.75) is 19.4 Å². The molecule has 0 spiro atoms. The van der Waals surface area contributed by atoms with Crippen molar-refractivity contribution in [1.82, 2.24) is 20.3 Å². The van der Waals surface area contributed by atoms with Crippen LogP contribution in [0.4, 0.5) is 0 Å². The summed E-state index contributed by atoms with van der Waals surface area (Å²) in [6.45, 7) is 1.30. The predicted molar refractivity (Wildman–Crippen MR) is 63.5 cm³/mol. The van der Waals surface area contributed by atoms with Gasteiger partial charge in [-0.1, -0.05) is 5.21 Å². The summed E-state index contributed by atoms with van der Waals surface area (Å²) >= 11 is 0. The van der Waals surface area contributed by atoms with Crippen LogP contribution in [0.25, 0.3) is 0 Å². The second kappa shape index (κ2) is 6.28. The number of rotatable bonds is 8. The van der Waals surface area contributed by atoms with E-state index in [1.54, 1.807) is 0 Å². The van der Waals surface area contributed by atoms with E-state index >= 15 is 0 Å². The first kappa shape index (κ1) is 13.5. The van der Waals surface area contributed by atoms with Gasteiger partial charge < -0.3 is 15.2 Å². The Morgan fingerprint density at radius 3 is 3.00 bits per heavy atom. The van der Waals surface area contributed by atoms with Crippen LogP contribution in [0.1, 0.15) is 23.3 Å². The topological polar surface area (TPSA) is 106 Å². The third-order valence-electron chi connectivity index (χ3n) is 2.65. The van der Waals surface area contributed by atoms with E-state index in [1.807, 2.05) is 0 Å². The first-order valence-electron chi connectivity index (χ1n) is 6.13. The maximum absolute atomic E-state index is 11.6. The number of ether oxygens (including phenoxy) is 1. The lowest BCUT2D eigenvalue weighted by atomic mass is 10.4. The normalized spacial score (nSPS) is 14.3. The molecule has 1 aliphatic rings. The average molecular weight is 268 g/mol. The summed E-state index contributed by atoms with van der Waals surface area (Å²) in [5.41, 5.74) is 0.100. The average Bonchev–Trinajstić information content (AvgIpc) is 3.06. The largest absolute Gasteiger partial charge is 0.480 e. The predicted octanol–water partition coefficient (Wildman–Crippen LogP) is -0.481. The van der Waals surface area contributed by atoms with Crippen LogP contribution in [0.5, 0.6) is 0 Å². The molecule has 8 nitrogen and oxygen atoms in total. The standard InChI is InChI=1S/C11H16N4O4/c16-10(17)6-15-5-9(13-14-15)11(18)12-3-4-19-7-8-1-2-8/h5,8H,1-4,6-7H2,(H,12,18)(H,16,17). The van der Waals surface area contributed by atoms with Crippen LogP contribution in [0, 0.1) is 5.92 Å². The molecule has 0 atom stereocenters. The highest BCUT2D eigenvalue weighted by atomic mass is 16.5. The Labute approximate surface area is 109 Å². The Kier molecular flexibility index (Phi) is 4.45. The van der Waals surface area contributed by atoms with Crippen molar-refractivity contribution in [3.63, 3.8) is 0 Å². The van der Waals surface area contributed by atoms with Gasteiger partial charge in [0.15, 0.2) is 5.69 Å². The lowest BCUT2D eigenvalue weighted by Crippen LogP contribution is -2.27. The number of aliphatic carboxylic acids is 1. The molecule has 0 radical (unpaired) electrons. The van der Waals surface area contributed by atoms with E-state index in [9.17, 15) is 9.59 Å². The van der Waals surface area contributed by atoms with Crippen molar-refractivity contribution >= 4 is 11.9 Å². The fraction of sp³-hybridized carbons (Fsp3) is 0.636. The molecule has 8 heteroatoms. The molecule has 2 N–H and O–H groups in total. The monoisotopic (exact) mass is 268 g/mol. The third-order valence-corrected chi connectivity index (χ3v) is 2.65. The molecule has 104 valence electrons. The third kappa shape index (κ3) is 4.66. The van der Waals surface area contributed by atoms with Gasteiger partial charge in [-0.25, -0.2) is 4.68 Å². The van der Waals surface area contributed by atoms with Crippen LogP contribution in [0.15, 0.2) is 6.20 Å². The van der Waals surface area contributed by atoms with Crippen LogP contribution in [0.3, 0.4) is 0 Å². The molecule has 1 saturated carbocycles. The van der Waals surface area contributed by atoms with Crippen molar-refractivity contribution in [2.75, 3.05) is 19.8 Å². The van der Waals surface area contributed by atoms with E-state index in [0.29, 0.717) is 19.1 Å². The zero-order chi connectivity index (χ0) is 13.7. The summed E-state index contributed by atoms with van der Waals surface area (Å²) in [7, 11) is 0. The highest BCUT2D eigenvalue weighted by Gasteiger charge is 2.21. The first-order chi connectivity index (χ1) is 9.15. The maximum atomic E-state index is 11.6. The fourth-order valence-corrected chi connectivity index (χ4v) is 1.48. The smallest absolute Gasteiger partial charge is 0.325 e. The minimum absolute atomic E-state index is 0.100. The lowest BCUT2D eigenvalue weighted by molar-refractivity contribution is -0.137. The van der Waals surface area contributed by atoms with Crippen molar-refractivity contribution in [3.05, 3.63) is 11.9 Å². The zero-order valence-electron chi connectivity index (χ0n) is 10.4. The molecule has 0 bridgehead atoms. The van der Waals surface area contributed by atoms with Gasteiger partial charge in [0.05, 0.1) is 12.8 Å². The molecule has 1 aromatic rings. The molecular weight excluding hydrogens is 252 g/mol. The number of carboxylic acids is 1. The Balaban J connectivity index is 1.66. The molecule has 0 aromatic carbocycles. The summed E-state index contributed by atoms with van der Waals surface area (Å²) in [4.78, 5) is 22.1. The van der Waals surface area contributed by atoms with Crippen molar-refractivity contribution in [3.8, 4) is 0 Å². The lowest BCUT2D eigenvalue weighted by Gasteiger charge is -2.03. The van der Waals surface area contributed by atoms with Gasteiger partial charge in [0.2, 0.25) is 0 Å². The highest BCUT2D eigenvalue weighted by molar-refractivity contribution is 5.91. The number of hydrogen-bond acceptors (Lipinski definition) is 5. The molecule has 1 aromatic heterocycles. The fourth-order valence-electron chi connectivity index (χ4n) is 1.48. The summed E-state index contributed by atoms with van der Waals surface area (Å²) in [5.74, 6) is -0.719. The SMILES string of the molecule is O=C(O)Cn1cc(C(=O)NCCOCC2CC2)nn1. The molecule has 0 aliphatic heterocycles. The van der Waals surface area contributed by atoms with Gasteiger partial charge in [0.25, 0.3) is 5.91 Å². The van der Waals surface area contributed by atoms with Gasteiger partial charge >= 0.3 is 5.97 Å². The van der Waals surface area contributed by atoms with E-state index in [0.717, 1.165) is 11.3 Å². The summed E-state index contributed by atoms with van der Waals surface area (Å²) in [6.07, 6.45) is 3.77. The van der Waals surface area contributed by atoms with Gasteiger partial charge in [0, 0.05) is 13.2 Å². The van der Waals surface area contributed by atoms with Crippen molar-refractivity contribution < 1.29 is 19.4 Å². The number of nitrogens with one attached hydrogen (secondary N) is 1. The second-order valence-corrected chi connectivity index (χ2v) is 4.47. The van der Waals surface area contributed by atoms with Crippen molar-refractivity contribution in [2.24, 2.45) is 5.92 Å². The van der Waals surface area contributed by atoms with Crippen molar-refractivity contribution in [1.29, 1.82) is 0 Å². The van der Waals surface area contributed by atoms with Gasteiger partial charge in [-0.15, -0.1) is 5.10 Å². The summed E-state index contributed by atoms with van der Waals surface area (Å²) in [5, 5.41) is 18.3. The number of carbonyl (C=O) groups is 2. The van der Waals surface area contributed by atoms with Crippen LogP contribution in [-0.4, -0.2) is 51.7 Å². The Bertz CT molecular complexity index is 455. The molecule has 2 rings (SSSR count). The number of aromatic nitrogens is 3. The van der Waals surface area contributed by atoms with Gasteiger partial charge in [0.1, 0.15) is 6.54 Å². The molecular formula is C11H16N4O4. The highest BCUT2D eigenvalue weighted by Crippen LogP contribution is 2.28. The molecule has 1 aliphatic carbocycles. The number of nitrogens with zero attached hydrogens (tertiary/aromatic N) is 3. The number of carboxylic acid groups (broad SMARTS) is 1. The molecule has 1 heterocycles. The Morgan fingerprint density at radius 2 is 2.32 bits per heavy atom. The first-order valence-corrected chi connectivity index (χ1v) is 6.13. The van der Waals surface area contributed by atoms with E-state index in [1.165, 1.54) is 19.0 Å². The minimum atomic E-state index is -1.04.